The van der Waals surface area contributed by atoms with E-state index in [4.69, 9.17) is 17.3 Å². The molecule has 0 aliphatic heterocycles. The van der Waals surface area contributed by atoms with Gasteiger partial charge in [0.15, 0.2) is 5.82 Å². The minimum atomic E-state index is -0.804. The van der Waals surface area contributed by atoms with Crippen LogP contribution in [-0.2, 0) is 17.3 Å². The molecule has 0 saturated carbocycles. The second kappa shape index (κ2) is 6.12. The van der Waals surface area contributed by atoms with E-state index in [1.165, 1.54) is 0 Å². The normalized spacial score (nSPS) is 12.5. The van der Waals surface area contributed by atoms with Gasteiger partial charge in [0.2, 0.25) is 0 Å². The van der Waals surface area contributed by atoms with Gasteiger partial charge in [0, 0.05) is 34.9 Å². The van der Waals surface area contributed by atoms with Crippen LogP contribution in [0.5, 0.6) is 0 Å². The van der Waals surface area contributed by atoms with Gasteiger partial charge in [-0.2, -0.15) is 0 Å². The van der Waals surface area contributed by atoms with E-state index in [0.29, 0.717) is 28.8 Å². The molecule has 0 aliphatic carbocycles. The maximum Gasteiger partial charge on any atom is 0.182 e. The van der Waals surface area contributed by atoms with E-state index >= 15 is 0 Å². The van der Waals surface area contributed by atoms with Crippen LogP contribution in [0.3, 0.4) is 0 Å². The van der Waals surface area contributed by atoms with Crippen molar-refractivity contribution < 1.29 is 4.21 Å². The first-order valence-corrected chi connectivity index (χ1v) is 7.80. The SMILES string of the molecule is CS(=O)CCCn1nnnc1-c1ccc(Cl)c(N)c1. The zero-order valence-corrected chi connectivity index (χ0v) is 12.0. The Morgan fingerprint density at radius 1 is 1.47 bits per heavy atom. The average molecular weight is 300 g/mol. The van der Waals surface area contributed by atoms with E-state index in [1.807, 2.05) is 6.07 Å². The lowest BCUT2D eigenvalue weighted by atomic mass is 10.2. The van der Waals surface area contributed by atoms with Gasteiger partial charge in [-0.15, -0.1) is 5.10 Å². The molecule has 0 radical (unpaired) electrons. The van der Waals surface area contributed by atoms with E-state index < -0.39 is 10.8 Å². The highest BCUT2D eigenvalue weighted by Gasteiger charge is 2.10. The van der Waals surface area contributed by atoms with Gasteiger partial charge in [-0.05, 0) is 35.0 Å². The molecule has 1 aromatic heterocycles. The largest absolute Gasteiger partial charge is 0.398 e. The molecule has 19 heavy (non-hydrogen) atoms. The number of benzene rings is 1. The Hall–Kier alpha value is -1.47. The molecular formula is C11H14ClN5OS. The van der Waals surface area contributed by atoms with Crippen molar-refractivity contribution in [3.8, 4) is 11.4 Å². The summed E-state index contributed by atoms with van der Waals surface area (Å²) in [7, 11) is -0.804. The third-order valence-corrected chi connectivity index (χ3v) is 3.80. The van der Waals surface area contributed by atoms with Gasteiger partial charge < -0.3 is 5.73 Å². The molecule has 0 bridgehead atoms. The Bertz CT molecular complexity index is 601. The minimum Gasteiger partial charge on any atom is -0.398 e. The summed E-state index contributed by atoms with van der Waals surface area (Å²) in [4.78, 5) is 0. The van der Waals surface area contributed by atoms with Crippen molar-refractivity contribution in [3.05, 3.63) is 23.2 Å². The molecule has 2 N–H and O–H groups in total. The number of nitrogen functional groups attached to an aromatic ring is 1. The fraction of sp³-hybridized carbons (Fsp3) is 0.364. The highest BCUT2D eigenvalue weighted by atomic mass is 35.5. The number of hydrogen-bond donors (Lipinski definition) is 1. The Balaban J connectivity index is 2.18. The van der Waals surface area contributed by atoms with Crippen molar-refractivity contribution in [3.63, 3.8) is 0 Å². The molecule has 8 heteroatoms. The molecule has 0 fully saturated rings. The maximum atomic E-state index is 11.0. The van der Waals surface area contributed by atoms with Crippen molar-refractivity contribution in [2.45, 2.75) is 13.0 Å². The van der Waals surface area contributed by atoms with Crippen LogP contribution >= 0.6 is 11.6 Å². The molecule has 0 saturated heterocycles. The van der Waals surface area contributed by atoms with Gasteiger partial charge in [-0.25, -0.2) is 4.68 Å². The highest BCUT2D eigenvalue weighted by molar-refractivity contribution is 7.84. The lowest BCUT2D eigenvalue weighted by Crippen LogP contribution is -2.06. The summed E-state index contributed by atoms with van der Waals surface area (Å²) in [5.74, 6) is 1.26. The van der Waals surface area contributed by atoms with Gasteiger partial charge in [-0.3, -0.25) is 4.21 Å². The first kappa shape index (κ1) is 14.0. The quantitative estimate of drug-likeness (QED) is 0.842. The second-order valence-corrected chi connectivity index (χ2v) is 6.05. The van der Waals surface area contributed by atoms with Gasteiger partial charge in [-0.1, -0.05) is 11.6 Å². The zero-order valence-electron chi connectivity index (χ0n) is 10.4. The van der Waals surface area contributed by atoms with Crippen LogP contribution in [0, 0.1) is 0 Å². The summed E-state index contributed by atoms with van der Waals surface area (Å²) in [5, 5.41) is 12.1. The number of aromatic nitrogens is 4. The number of nitrogens with zero attached hydrogens (tertiary/aromatic N) is 4. The van der Waals surface area contributed by atoms with Crippen LogP contribution in [0.15, 0.2) is 18.2 Å². The first-order valence-electron chi connectivity index (χ1n) is 5.69. The summed E-state index contributed by atoms with van der Waals surface area (Å²) in [6.07, 6.45) is 2.44. The topological polar surface area (TPSA) is 86.7 Å². The highest BCUT2D eigenvalue weighted by Crippen LogP contribution is 2.25. The molecule has 102 valence electrons. The summed E-state index contributed by atoms with van der Waals surface area (Å²) in [6.45, 7) is 0.616. The molecule has 0 spiro atoms. The molecule has 2 rings (SSSR count). The van der Waals surface area contributed by atoms with Crippen molar-refractivity contribution in [2.24, 2.45) is 0 Å². The Labute approximate surface area is 118 Å². The predicted octanol–water partition coefficient (Wildman–Crippen LogP) is 1.34. The van der Waals surface area contributed by atoms with Crippen LogP contribution < -0.4 is 5.73 Å². The second-order valence-electron chi connectivity index (χ2n) is 4.09. The summed E-state index contributed by atoms with van der Waals surface area (Å²) >= 11 is 5.88. The number of rotatable bonds is 5. The fourth-order valence-corrected chi connectivity index (χ4v) is 2.32. The van der Waals surface area contributed by atoms with E-state index in [0.717, 1.165) is 12.0 Å². The standard InChI is InChI=1S/C11H14ClN5OS/c1-19(18)6-2-5-17-11(14-15-16-17)8-3-4-9(12)10(13)7-8/h3-4,7H,2,5-6,13H2,1H3. The van der Waals surface area contributed by atoms with Crippen molar-refractivity contribution >= 4 is 28.1 Å². The van der Waals surface area contributed by atoms with Crippen LogP contribution in [-0.4, -0.2) is 36.4 Å². The minimum absolute atomic E-state index is 0.489. The molecule has 0 aliphatic rings. The smallest absolute Gasteiger partial charge is 0.182 e. The Morgan fingerprint density at radius 3 is 2.95 bits per heavy atom. The number of halogens is 1. The Kier molecular flexibility index (Phi) is 4.49. The summed E-state index contributed by atoms with van der Waals surface area (Å²) in [6, 6.07) is 5.27. The van der Waals surface area contributed by atoms with Crippen molar-refractivity contribution in [1.82, 2.24) is 20.2 Å². The lowest BCUT2D eigenvalue weighted by molar-refractivity contribution is 0.583. The van der Waals surface area contributed by atoms with Gasteiger partial charge in [0.05, 0.1) is 10.7 Å². The molecule has 0 amide bonds. The van der Waals surface area contributed by atoms with E-state index in [1.54, 1.807) is 23.1 Å². The predicted molar refractivity (Wildman–Crippen MR) is 76.2 cm³/mol. The third kappa shape index (κ3) is 3.51. The number of hydrogen-bond acceptors (Lipinski definition) is 5. The summed E-state index contributed by atoms with van der Waals surface area (Å²) < 4.78 is 12.7. The van der Waals surface area contributed by atoms with Gasteiger partial charge in [0.1, 0.15) is 0 Å². The van der Waals surface area contributed by atoms with Crippen molar-refractivity contribution in [2.75, 3.05) is 17.7 Å². The number of anilines is 1. The maximum absolute atomic E-state index is 11.0. The molecule has 2 aromatic rings. The van der Waals surface area contributed by atoms with E-state index in [-0.39, 0.29) is 0 Å². The number of nitrogens with two attached hydrogens (primary N) is 1. The zero-order chi connectivity index (χ0) is 13.8. The van der Waals surface area contributed by atoms with E-state index in [9.17, 15) is 4.21 Å². The molecular weight excluding hydrogens is 286 g/mol. The van der Waals surface area contributed by atoms with Crippen LogP contribution in [0.2, 0.25) is 5.02 Å². The molecule has 6 nitrogen and oxygen atoms in total. The molecule has 1 atom stereocenters. The molecule has 1 unspecified atom stereocenters. The van der Waals surface area contributed by atoms with Crippen molar-refractivity contribution in [1.29, 1.82) is 0 Å². The Morgan fingerprint density at radius 2 is 2.26 bits per heavy atom. The fourth-order valence-electron chi connectivity index (χ4n) is 1.66. The average Bonchev–Trinajstić information content (AvgIpc) is 2.80. The van der Waals surface area contributed by atoms with Gasteiger partial charge in [0.25, 0.3) is 0 Å². The van der Waals surface area contributed by atoms with Crippen LogP contribution in [0.4, 0.5) is 5.69 Å². The third-order valence-electron chi connectivity index (χ3n) is 2.59. The molecule has 1 heterocycles. The van der Waals surface area contributed by atoms with E-state index in [2.05, 4.69) is 15.5 Å². The van der Waals surface area contributed by atoms with Crippen LogP contribution in [0.25, 0.3) is 11.4 Å². The van der Waals surface area contributed by atoms with Crippen LogP contribution in [0.1, 0.15) is 6.42 Å². The first-order chi connectivity index (χ1) is 9.08. The lowest BCUT2D eigenvalue weighted by Gasteiger charge is -2.05. The number of aryl methyl sites for hydroxylation is 1. The monoisotopic (exact) mass is 299 g/mol. The number of tetrazole rings is 1. The molecule has 1 aromatic carbocycles. The van der Waals surface area contributed by atoms with Gasteiger partial charge >= 0.3 is 0 Å². The summed E-state index contributed by atoms with van der Waals surface area (Å²) in [5.41, 5.74) is 7.07.